The summed E-state index contributed by atoms with van der Waals surface area (Å²) in [4.78, 5) is 8.76. The Labute approximate surface area is 159 Å². The van der Waals surface area contributed by atoms with Crippen LogP contribution in [0, 0.1) is 11.8 Å². The number of nitrogens with zero attached hydrogens (tertiary/aromatic N) is 3. The predicted molar refractivity (Wildman–Crippen MR) is 105 cm³/mol. The van der Waals surface area contributed by atoms with Crippen LogP contribution in [0.15, 0.2) is 48.9 Å². The van der Waals surface area contributed by atoms with Crippen molar-refractivity contribution >= 4 is 0 Å². The second-order valence-corrected chi connectivity index (χ2v) is 7.81. The average molecular weight is 362 g/mol. The first kappa shape index (κ1) is 16.7. The smallest absolute Gasteiger partial charge is 0.162 e. The molecule has 1 fully saturated rings. The number of fused-ring (bicyclic) bond motifs is 3. The summed E-state index contributed by atoms with van der Waals surface area (Å²) in [5, 5.41) is 3.64. The summed E-state index contributed by atoms with van der Waals surface area (Å²) in [6.07, 6.45) is 8.78. The summed E-state index contributed by atoms with van der Waals surface area (Å²) < 4.78 is 2.02. The van der Waals surface area contributed by atoms with Gasteiger partial charge >= 0.3 is 0 Å². The third-order valence-electron chi connectivity index (χ3n) is 6.11. The molecule has 3 heterocycles. The van der Waals surface area contributed by atoms with Crippen molar-refractivity contribution in [3.8, 4) is 11.4 Å². The Hall–Kier alpha value is -2.44. The van der Waals surface area contributed by atoms with Gasteiger partial charge in [0.1, 0.15) is 6.33 Å². The Morgan fingerprint density at radius 1 is 1.04 bits per heavy atom. The third-order valence-corrected chi connectivity index (χ3v) is 6.11. The molecule has 6 heteroatoms. The van der Waals surface area contributed by atoms with Gasteiger partial charge in [-0.3, -0.25) is 5.53 Å². The summed E-state index contributed by atoms with van der Waals surface area (Å²) in [5.74, 6) is 2.28. The Balaban J connectivity index is 1.17. The molecule has 0 amide bonds. The van der Waals surface area contributed by atoms with E-state index in [1.807, 2.05) is 17.2 Å². The second kappa shape index (κ2) is 7.29. The quantitative estimate of drug-likeness (QED) is 0.651. The van der Waals surface area contributed by atoms with E-state index in [1.165, 1.54) is 36.9 Å². The number of benzene rings is 1. The first-order valence-corrected chi connectivity index (χ1v) is 9.96. The Bertz CT molecular complexity index is 852. The fourth-order valence-corrected chi connectivity index (χ4v) is 4.63. The normalized spacial score (nSPS) is 24.7. The lowest BCUT2D eigenvalue weighted by atomic mass is 9.77. The number of nitrogens with one attached hydrogen (secondary N) is 3. The van der Waals surface area contributed by atoms with Gasteiger partial charge in [0.15, 0.2) is 5.82 Å². The molecule has 3 N–H and O–H groups in total. The lowest BCUT2D eigenvalue weighted by Gasteiger charge is -2.32. The SMILES string of the molecule is c1ccc(CNCC2CCC(C3NNn4cnc5nccc-5c43)CC2)cc1. The van der Waals surface area contributed by atoms with Crippen LogP contribution in [-0.4, -0.2) is 21.2 Å². The average Bonchev–Trinajstić information content (AvgIpc) is 3.36. The largest absolute Gasteiger partial charge is 0.312 e. The van der Waals surface area contributed by atoms with Crippen molar-refractivity contribution in [1.82, 2.24) is 25.4 Å². The summed E-state index contributed by atoms with van der Waals surface area (Å²) in [6, 6.07) is 13.1. The Morgan fingerprint density at radius 3 is 2.74 bits per heavy atom. The zero-order valence-corrected chi connectivity index (χ0v) is 15.4. The molecule has 5 rings (SSSR count). The molecule has 0 spiro atoms. The number of hydrazine groups is 1. The van der Waals surface area contributed by atoms with E-state index in [2.05, 4.69) is 62.6 Å². The van der Waals surface area contributed by atoms with Crippen LogP contribution in [0.2, 0.25) is 0 Å². The molecule has 0 aromatic heterocycles. The van der Waals surface area contributed by atoms with Gasteiger partial charge in [0.25, 0.3) is 0 Å². The van der Waals surface area contributed by atoms with Gasteiger partial charge in [0.2, 0.25) is 0 Å². The highest BCUT2D eigenvalue weighted by atomic mass is 15.7. The van der Waals surface area contributed by atoms with Crippen LogP contribution in [0.4, 0.5) is 0 Å². The highest BCUT2D eigenvalue weighted by molar-refractivity contribution is 5.61. The number of aromatic nitrogens is 3. The van der Waals surface area contributed by atoms with E-state index in [4.69, 9.17) is 0 Å². The van der Waals surface area contributed by atoms with E-state index in [0.29, 0.717) is 12.0 Å². The highest BCUT2D eigenvalue weighted by Crippen LogP contribution is 2.40. The molecule has 3 aliphatic heterocycles. The zero-order chi connectivity index (χ0) is 18.1. The molecule has 1 aromatic rings. The topological polar surface area (TPSA) is 66.8 Å². The Kier molecular flexibility index (Phi) is 4.51. The van der Waals surface area contributed by atoms with Crippen LogP contribution in [0.5, 0.6) is 0 Å². The minimum Gasteiger partial charge on any atom is -0.312 e. The molecule has 140 valence electrons. The molecule has 6 nitrogen and oxygen atoms in total. The fourth-order valence-electron chi connectivity index (χ4n) is 4.63. The fraction of sp³-hybridized carbons (Fsp3) is 0.429. The first-order valence-electron chi connectivity index (χ1n) is 9.96. The Morgan fingerprint density at radius 2 is 1.89 bits per heavy atom. The molecule has 27 heavy (non-hydrogen) atoms. The molecule has 0 radical (unpaired) electrons. The van der Waals surface area contributed by atoms with Crippen molar-refractivity contribution in [3.05, 3.63) is 60.2 Å². The van der Waals surface area contributed by atoms with Crippen molar-refractivity contribution in [2.24, 2.45) is 11.8 Å². The van der Waals surface area contributed by atoms with Gasteiger partial charge in [-0.1, -0.05) is 30.3 Å². The van der Waals surface area contributed by atoms with Crippen molar-refractivity contribution in [2.75, 3.05) is 12.1 Å². The minimum absolute atomic E-state index is 0.331. The van der Waals surface area contributed by atoms with Crippen LogP contribution in [0.25, 0.3) is 11.4 Å². The van der Waals surface area contributed by atoms with Gasteiger partial charge in [0.05, 0.1) is 11.7 Å². The lowest BCUT2D eigenvalue weighted by molar-refractivity contribution is 0.228. The first-order chi connectivity index (χ1) is 13.4. The maximum atomic E-state index is 4.40. The molecule has 1 aliphatic carbocycles. The molecule has 1 atom stereocenters. The molecule has 0 bridgehead atoms. The van der Waals surface area contributed by atoms with Gasteiger partial charge in [-0.2, -0.15) is 0 Å². The van der Waals surface area contributed by atoms with Gasteiger partial charge in [-0.05, 0) is 55.7 Å². The summed E-state index contributed by atoms with van der Waals surface area (Å²) in [5.41, 5.74) is 10.5. The van der Waals surface area contributed by atoms with Crippen molar-refractivity contribution in [3.63, 3.8) is 0 Å². The molecule has 1 saturated carbocycles. The van der Waals surface area contributed by atoms with Crippen LogP contribution in [-0.2, 0) is 6.54 Å². The molecule has 0 saturated heterocycles. The number of hydrogen-bond donors (Lipinski definition) is 3. The zero-order valence-electron chi connectivity index (χ0n) is 15.4. The number of rotatable bonds is 5. The van der Waals surface area contributed by atoms with Gasteiger partial charge in [-0.15, -0.1) is 0 Å². The van der Waals surface area contributed by atoms with Crippen molar-refractivity contribution < 1.29 is 0 Å². The minimum atomic E-state index is 0.331. The maximum Gasteiger partial charge on any atom is 0.162 e. The van der Waals surface area contributed by atoms with Gasteiger partial charge in [-0.25, -0.2) is 20.1 Å². The van der Waals surface area contributed by atoms with Crippen LogP contribution in [0.1, 0.15) is 43.0 Å². The van der Waals surface area contributed by atoms with E-state index >= 15 is 0 Å². The lowest BCUT2D eigenvalue weighted by Crippen LogP contribution is -2.32. The molecule has 1 unspecified atom stereocenters. The number of hydrogen-bond acceptors (Lipinski definition) is 5. The summed E-state index contributed by atoms with van der Waals surface area (Å²) >= 11 is 0. The van der Waals surface area contributed by atoms with Crippen LogP contribution < -0.4 is 16.3 Å². The standard InChI is InChI=1S/C21H26N6/c1-2-4-15(5-3-1)12-22-13-16-6-8-17(9-7-16)19-20-18-10-11-23-21(18)24-14-27(20)26-25-19/h1-5,10-11,14,16-17,19,22,25-26H,6-9,12-13H2. The summed E-state index contributed by atoms with van der Waals surface area (Å²) in [6.45, 7) is 2.08. The van der Waals surface area contributed by atoms with E-state index in [1.54, 1.807) is 0 Å². The van der Waals surface area contributed by atoms with Gasteiger partial charge in [0, 0.05) is 18.3 Å². The van der Waals surface area contributed by atoms with Gasteiger partial charge < -0.3 is 5.32 Å². The van der Waals surface area contributed by atoms with Crippen LogP contribution >= 0.6 is 0 Å². The van der Waals surface area contributed by atoms with E-state index in [0.717, 1.165) is 30.4 Å². The molecule has 1 aromatic carbocycles. The van der Waals surface area contributed by atoms with Crippen molar-refractivity contribution in [2.45, 2.75) is 38.3 Å². The van der Waals surface area contributed by atoms with Crippen molar-refractivity contribution in [1.29, 1.82) is 0 Å². The molecular weight excluding hydrogens is 336 g/mol. The third kappa shape index (κ3) is 3.31. The highest BCUT2D eigenvalue weighted by Gasteiger charge is 2.35. The second-order valence-electron chi connectivity index (χ2n) is 7.81. The molecule has 4 aliphatic rings. The monoisotopic (exact) mass is 362 g/mol. The van der Waals surface area contributed by atoms with E-state index < -0.39 is 0 Å². The summed E-state index contributed by atoms with van der Waals surface area (Å²) in [7, 11) is 0. The maximum absolute atomic E-state index is 4.40. The van der Waals surface area contributed by atoms with E-state index in [-0.39, 0.29) is 0 Å². The van der Waals surface area contributed by atoms with E-state index in [9.17, 15) is 0 Å². The molecular formula is C21H26N6. The predicted octanol–water partition coefficient (Wildman–Crippen LogP) is 3.08. The van der Waals surface area contributed by atoms with Crippen LogP contribution in [0.3, 0.4) is 0 Å².